The van der Waals surface area contributed by atoms with Gasteiger partial charge in [0.2, 0.25) is 11.8 Å². The zero-order valence-corrected chi connectivity index (χ0v) is 21.4. The number of fused-ring (bicyclic) bond motifs is 1. The summed E-state index contributed by atoms with van der Waals surface area (Å²) >= 11 is 0. The van der Waals surface area contributed by atoms with E-state index in [-0.39, 0.29) is 30.1 Å². The normalized spacial score (nSPS) is 25.4. The smallest absolute Gasteiger partial charge is 0.235 e. The summed E-state index contributed by atoms with van der Waals surface area (Å²) in [6.45, 7) is 8.18. The number of imide groups is 1. The SMILES string of the molecule is Cl.Cn1nc(C2CCC(=O)NC2=O)c2cccc(N3CC4(CCC(CN5CCNCC5)CC4)C3)c21. The van der Waals surface area contributed by atoms with Crippen LogP contribution in [0.25, 0.3) is 10.9 Å². The van der Waals surface area contributed by atoms with E-state index in [9.17, 15) is 9.59 Å². The highest BCUT2D eigenvalue weighted by atomic mass is 35.5. The lowest BCUT2D eigenvalue weighted by Crippen LogP contribution is -2.58. The summed E-state index contributed by atoms with van der Waals surface area (Å²) in [4.78, 5) is 29.3. The van der Waals surface area contributed by atoms with Crippen LogP contribution >= 0.6 is 12.4 Å². The molecular formula is C26H37ClN6O2. The molecule has 1 spiro atoms. The van der Waals surface area contributed by atoms with Crippen molar-refractivity contribution in [3.05, 3.63) is 23.9 Å². The number of halogens is 1. The Kier molecular flexibility index (Phi) is 6.81. The second-order valence-electron chi connectivity index (χ2n) is 11.0. The summed E-state index contributed by atoms with van der Waals surface area (Å²) in [5.74, 6) is 0.0950. The van der Waals surface area contributed by atoms with Crippen molar-refractivity contribution in [3.63, 3.8) is 0 Å². The van der Waals surface area contributed by atoms with E-state index in [1.807, 2.05) is 11.7 Å². The third-order valence-electron chi connectivity index (χ3n) is 8.73. The van der Waals surface area contributed by atoms with Crippen molar-refractivity contribution in [1.29, 1.82) is 0 Å². The van der Waals surface area contributed by atoms with Crippen molar-refractivity contribution in [2.75, 3.05) is 50.7 Å². The first kappa shape index (κ1) is 24.5. The highest BCUT2D eigenvalue weighted by molar-refractivity contribution is 6.03. The molecule has 1 aromatic heterocycles. The molecule has 2 N–H and O–H groups in total. The first-order chi connectivity index (χ1) is 16.5. The molecule has 1 aromatic carbocycles. The maximum Gasteiger partial charge on any atom is 0.235 e. The van der Waals surface area contributed by atoms with Gasteiger partial charge >= 0.3 is 0 Å². The summed E-state index contributed by atoms with van der Waals surface area (Å²) in [7, 11) is 1.97. The topological polar surface area (TPSA) is 82.5 Å². The maximum atomic E-state index is 12.5. The average Bonchev–Trinajstić information content (AvgIpc) is 3.15. The number of piperazine rings is 1. The number of aryl methyl sites for hydroxylation is 1. The highest BCUT2D eigenvalue weighted by Gasteiger charge is 2.46. The van der Waals surface area contributed by atoms with Crippen LogP contribution in [0, 0.1) is 11.3 Å². The zero-order valence-electron chi connectivity index (χ0n) is 20.6. The standard InChI is InChI=1S/C26H36N6O2.ClH/c1-30-24-19(23(29-30)20-5-6-22(33)28-25(20)34)3-2-4-21(24)32-16-26(17-32)9-7-18(8-10-26)15-31-13-11-27-12-14-31;/h2-4,18,20,27H,5-17H2,1H3,(H,28,33,34);1H. The van der Waals surface area contributed by atoms with Crippen molar-refractivity contribution in [1.82, 2.24) is 25.3 Å². The van der Waals surface area contributed by atoms with Gasteiger partial charge in [0, 0.05) is 70.1 Å². The van der Waals surface area contributed by atoms with E-state index in [4.69, 9.17) is 5.10 Å². The van der Waals surface area contributed by atoms with Crippen LogP contribution in [0.1, 0.15) is 50.1 Å². The molecule has 1 unspecified atom stereocenters. The predicted octanol–water partition coefficient (Wildman–Crippen LogP) is 2.42. The highest BCUT2D eigenvalue weighted by Crippen LogP contribution is 2.48. The van der Waals surface area contributed by atoms with E-state index in [0.29, 0.717) is 18.3 Å². The summed E-state index contributed by atoms with van der Waals surface area (Å²) < 4.78 is 1.93. The molecule has 4 fully saturated rings. The minimum atomic E-state index is -0.356. The number of anilines is 1. The number of aromatic nitrogens is 2. The molecule has 1 aliphatic carbocycles. The monoisotopic (exact) mass is 500 g/mol. The Balaban J connectivity index is 0.00000253. The molecule has 2 aromatic rings. The Labute approximate surface area is 213 Å². The van der Waals surface area contributed by atoms with Crippen LogP contribution in [0.5, 0.6) is 0 Å². The molecule has 9 heteroatoms. The third-order valence-corrected chi connectivity index (χ3v) is 8.73. The van der Waals surface area contributed by atoms with E-state index < -0.39 is 0 Å². The van der Waals surface area contributed by atoms with Crippen LogP contribution in [0.3, 0.4) is 0 Å². The Morgan fingerprint density at radius 1 is 1.09 bits per heavy atom. The van der Waals surface area contributed by atoms with Crippen molar-refractivity contribution in [3.8, 4) is 0 Å². The van der Waals surface area contributed by atoms with Crippen LogP contribution in [0.15, 0.2) is 18.2 Å². The van der Waals surface area contributed by atoms with Crippen LogP contribution in [-0.4, -0.2) is 72.3 Å². The molecule has 6 rings (SSSR count). The first-order valence-electron chi connectivity index (χ1n) is 13.0. The molecule has 1 saturated carbocycles. The van der Waals surface area contributed by atoms with Gasteiger partial charge in [-0.2, -0.15) is 5.10 Å². The number of carbonyl (C=O) groups excluding carboxylic acids is 2. The molecule has 0 radical (unpaired) electrons. The fourth-order valence-corrected chi connectivity index (χ4v) is 6.79. The van der Waals surface area contributed by atoms with Crippen LogP contribution in [0.2, 0.25) is 0 Å². The number of benzene rings is 1. The minimum Gasteiger partial charge on any atom is -0.369 e. The molecule has 2 amide bonds. The van der Waals surface area contributed by atoms with Crippen molar-refractivity contribution in [2.24, 2.45) is 18.4 Å². The van der Waals surface area contributed by atoms with E-state index in [1.165, 1.54) is 51.0 Å². The van der Waals surface area contributed by atoms with Gasteiger partial charge in [-0.05, 0) is 44.1 Å². The second kappa shape index (κ2) is 9.71. The van der Waals surface area contributed by atoms with Crippen molar-refractivity contribution < 1.29 is 9.59 Å². The quantitative estimate of drug-likeness (QED) is 0.627. The molecule has 4 aliphatic rings. The Morgan fingerprint density at radius 3 is 2.54 bits per heavy atom. The largest absolute Gasteiger partial charge is 0.369 e. The molecule has 0 bridgehead atoms. The van der Waals surface area contributed by atoms with Gasteiger partial charge < -0.3 is 15.1 Å². The maximum absolute atomic E-state index is 12.5. The summed E-state index contributed by atoms with van der Waals surface area (Å²) in [5, 5.41) is 11.7. The predicted molar refractivity (Wildman–Crippen MR) is 139 cm³/mol. The van der Waals surface area contributed by atoms with Gasteiger partial charge in [0.15, 0.2) is 0 Å². The number of nitrogens with one attached hydrogen (secondary N) is 2. The fourth-order valence-electron chi connectivity index (χ4n) is 6.79. The summed E-state index contributed by atoms with van der Waals surface area (Å²) in [6.07, 6.45) is 6.29. The van der Waals surface area contributed by atoms with Gasteiger partial charge in [0.05, 0.1) is 22.8 Å². The number of hydrogen-bond acceptors (Lipinski definition) is 6. The van der Waals surface area contributed by atoms with Gasteiger partial charge in [0.25, 0.3) is 0 Å². The molecule has 3 aliphatic heterocycles. The van der Waals surface area contributed by atoms with Gasteiger partial charge in [-0.1, -0.05) is 12.1 Å². The molecule has 190 valence electrons. The first-order valence-corrected chi connectivity index (χ1v) is 13.0. The van der Waals surface area contributed by atoms with E-state index >= 15 is 0 Å². The molecule has 8 nitrogen and oxygen atoms in total. The molecule has 3 saturated heterocycles. The lowest BCUT2D eigenvalue weighted by molar-refractivity contribution is -0.134. The molecule has 4 heterocycles. The number of hydrogen-bond donors (Lipinski definition) is 2. The third kappa shape index (κ3) is 4.56. The van der Waals surface area contributed by atoms with Crippen LogP contribution in [-0.2, 0) is 16.6 Å². The van der Waals surface area contributed by atoms with Crippen molar-refractivity contribution in [2.45, 2.75) is 44.4 Å². The molecule has 1 atom stereocenters. The van der Waals surface area contributed by atoms with Gasteiger partial charge in [-0.3, -0.25) is 19.6 Å². The summed E-state index contributed by atoms with van der Waals surface area (Å²) in [6, 6.07) is 6.35. The van der Waals surface area contributed by atoms with E-state index in [0.717, 1.165) is 48.7 Å². The number of piperidine rings is 1. The number of nitrogens with zero attached hydrogens (tertiary/aromatic N) is 4. The number of rotatable bonds is 4. The van der Waals surface area contributed by atoms with Crippen LogP contribution < -0.4 is 15.5 Å². The number of amides is 2. The second-order valence-corrected chi connectivity index (χ2v) is 11.0. The number of carbonyl (C=O) groups is 2. The van der Waals surface area contributed by atoms with Crippen LogP contribution in [0.4, 0.5) is 5.69 Å². The van der Waals surface area contributed by atoms with Gasteiger partial charge in [0.1, 0.15) is 0 Å². The molecule has 35 heavy (non-hydrogen) atoms. The Bertz CT molecular complexity index is 1090. The summed E-state index contributed by atoms with van der Waals surface area (Å²) in [5.41, 5.74) is 3.59. The average molecular weight is 501 g/mol. The Hall–Kier alpha value is -2.16. The number of para-hydroxylation sites is 1. The zero-order chi connectivity index (χ0) is 23.3. The van der Waals surface area contributed by atoms with Crippen molar-refractivity contribution >= 4 is 40.8 Å². The van der Waals surface area contributed by atoms with E-state index in [2.05, 4.69) is 38.6 Å². The Morgan fingerprint density at radius 2 is 1.83 bits per heavy atom. The minimum absolute atomic E-state index is 0. The van der Waals surface area contributed by atoms with E-state index in [1.54, 1.807) is 0 Å². The van der Waals surface area contributed by atoms with Gasteiger partial charge in [-0.15, -0.1) is 12.4 Å². The van der Waals surface area contributed by atoms with Gasteiger partial charge in [-0.25, -0.2) is 0 Å². The molecular weight excluding hydrogens is 464 g/mol. The lowest BCUT2D eigenvalue weighted by atomic mass is 9.65. The fraction of sp³-hybridized carbons (Fsp3) is 0.654. The lowest BCUT2D eigenvalue weighted by Gasteiger charge is -2.55.